The van der Waals surface area contributed by atoms with Crippen molar-refractivity contribution in [3.8, 4) is 5.75 Å². The molecule has 6 heteroatoms. The highest BCUT2D eigenvalue weighted by atomic mass is 16.5. The van der Waals surface area contributed by atoms with E-state index >= 15 is 0 Å². The predicted molar refractivity (Wildman–Crippen MR) is 179 cm³/mol. The summed E-state index contributed by atoms with van der Waals surface area (Å²) in [5.41, 5.74) is 6.21. The average molecular weight is 572 g/mol. The molecule has 6 aromatic rings. The SMILES string of the molecule is C1=CC(C2=NC(c3ccccc3)N=C(n3c4cc5ccccc5cc4c4ccc5c(c43)OC(c3ccccc3)N5)N2)=CCC1. The number of aliphatic imine (C=N–C) groups is 2. The van der Waals surface area contributed by atoms with Crippen molar-refractivity contribution in [3.63, 3.8) is 0 Å². The van der Waals surface area contributed by atoms with Crippen molar-refractivity contribution in [2.45, 2.75) is 25.2 Å². The second-order valence-electron chi connectivity index (χ2n) is 11.4. The molecule has 0 spiro atoms. The maximum Gasteiger partial charge on any atom is 0.211 e. The first-order valence-corrected chi connectivity index (χ1v) is 15.1. The van der Waals surface area contributed by atoms with E-state index < -0.39 is 0 Å². The summed E-state index contributed by atoms with van der Waals surface area (Å²) in [6.45, 7) is 0. The minimum absolute atomic E-state index is 0.282. The second kappa shape index (κ2) is 9.99. The molecule has 0 bridgehead atoms. The van der Waals surface area contributed by atoms with Gasteiger partial charge in [0.25, 0.3) is 0 Å². The third-order valence-corrected chi connectivity index (χ3v) is 8.68. The molecule has 5 aromatic carbocycles. The molecule has 3 heterocycles. The lowest BCUT2D eigenvalue weighted by atomic mass is 10.1. The van der Waals surface area contributed by atoms with Crippen LogP contribution in [0.2, 0.25) is 0 Å². The van der Waals surface area contributed by atoms with Gasteiger partial charge in [0, 0.05) is 21.9 Å². The van der Waals surface area contributed by atoms with E-state index in [-0.39, 0.29) is 12.4 Å². The Balaban J connectivity index is 1.30. The molecule has 212 valence electrons. The van der Waals surface area contributed by atoms with Crippen LogP contribution in [0.25, 0.3) is 32.6 Å². The van der Waals surface area contributed by atoms with Gasteiger partial charge in [0.05, 0.1) is 11.2 Å². The van der Waals surface area contributed by atoms with Crippen LogP contribution in [-0.4, -0.2) is 16.4 Å². The third-order valence-electron chi connectivity index (χ3n) is 8.68. The molecule has 2 atom stereocenters. The van der Waals surface area contributed by atoms with Crippen LogP contribution in [0.15, 0.2) is 143 Å². The van der Waals surface area contributed by atoms with Crippen LogP contribution in [0.5, 0.6) is 5.75 Å². The first-order chi connectivity index (χ1) is 21.8. The largest absolute Gasteiger partial charge is 0.462 e. The number of aromatic nitrogens is 1. The van der Waals surface area contributed by atoms with E-state index in [1.54, 1.807) is 0 Å². The van der Waals surface area contributed by atoms with Crippen LogP contribution in [-0.2, 0) is 0 Å². The fourth-order valence-corrected chi connectivity index (χ4v) is 6.54. The normalized spacial score (nSPS) is 19.1. The number of benzene rings is 5. The first kappa shape index (κ1) is 24.9. The monoisotopic (exact) mass is 571 g/mol. The van der Waals surface area contributed by atoms with Gasteiger partial charge < -0.3 is 15.4 Å². The maximum atomic E-state index is 6.75. The van der Waals surface area contributed by atoms with Gasteiger partial charge in [-0.2, -0.15) is 0 Å². The van der Waals surface area contributed by atoms with E-state index in [0.29, 0.717) is 0 Å². The molecule has 0 radical (unpaired) electrons. The predicted octanol–water partition coefficient (Wildman–Crippen LogP) is 8.63. The zero-order chi connectivity index (χ0) is 29.0. The van der Waals surface area contributed by atoms with Gasteiger partial charge >= 0.3 is 0 Å². The van der Waals surface area contributed by atoms with Gasteiger partial charge in [0.2, 0.25) is 5.96 Å². The second-order valence-corrected chi connectivity index (χ2v) is 11.4. The standard InChI is InChI=1S/C38H29N5O/c1-4-12-24(13-5-1)35-40-36(25-14-6-2-7-15-25)42-38(41-35)43-32-23-28-19-11-10-18-27(28)22-30(32)29-20-21-31-34(33(29)43)44-37(39-31)26-16-8-3-9-17-26/h1,3-6,8-23,35,37,39H,2,7H2,(H,40,41,42). The van der Waals surface area contributed by atoms with Gasteiger partial charge in [-0.25, -0.2) is 9.98 Å². The Hall–Kier alpha value is -5.62. The van der Waals surface area contributed by atoms with E-state index in [1.807, 2.05) is 36.4 Å². The third kappa shape index (κ3) is 4.02. The number of nitrogens with zero attached hydrogens (tertiary/aromatic N) is 3. The van der Waals surface area contributed by atoms with Gasteiger partial charge in [-0.05, 0) is 53.4 Å². The van der Waals surface area contributed by atoms with Crippen LogP contribution in [0.1, 0.15) is 36.4 Å². The van der Waals surface area contributed by atoms with E-state index in [9.17, 15) is 0 Å². The molecule has 1 aliphatic carbocycles. The Labute approximate surface area is 254 Å². The van der Waals surface area contributed by atoms with Crippen molar-refractivity contribution in [1.29, 1.82) is 0 Å². The summed E-state index contributed by atoms with van der Waals surface area (Å²) in [6, 6.07) is 38.0. The fourth-order valence-electron chi connectivity index (χ4n) is 6.54. The molecule has 2 N–H and O–H groups in total. The number of anilines is 1. The Morgan fingerprint density at radius 1 is 0.727 bits per heavy atom. The van der Waals surface area contributed by atoms with Crippen LogP contribution in [0, 0.1) is 0 Å². The van der Waals surface area contributed by atoms with Crippen LogP contribution in [0.3, 0.4) is 0 Å². The van der Waals surface area contributed by atoms with E-state index in [2.05, 4.69) is 106 Å². The number of rotatable bonds is 3. The highest BCUT2D eigenvalue weighted by molar-refractivity contribution is 6.22. The van der Waals surface area contributed by atoms with E-state index in [0.717, 1.165) is 74.6 Å². The van der Waals surface area contributed by atoms with Crippen molar-refractivity contribution in [3.05, 3.63) is 144 Å². The van der Waals surface area contributed by atoms with Crippen molar-refractivity contribution >= 4 is 50.1 Å². The lowest BCUT2D eigenvalue weighted by Crippen LogP contribution is -2.40. The first-order valence-electron chi connectivity index (χ1n) is 15.1. The summed E-state index contributed by atoms with van der Waals surface area (Å²) in [5, 5.41) is 11.9. The Morgan fingerprint density at radius 2 is 1.48 bits per heavy atom. The van der Waals surface area contributed by atoms with Gasteiger partial charge in [-0.15, -0.1) is 0 Å². The van der Waals surface area contributed by atoms with Crippen molar-refractivity contribution in [2.75, 3.05) is 5.32 Å². The number of fused-ring (bicyclic) bond motifs is 6. The molecular formula is C38H29N5O. The highest BCUT2D eigenvalue weighted by Gasteiger charge is 2.31. The minimum atomic E-state index is -0.389. The van der Waals surface area contributed by atoms with Gasteiger partial charge in [0.15, 0.2) is 18.1 Å². The van der Waals surface area contributed by atoms with E-state index in [1.165, 1.54) is 10.8 Å². The summed E-state index contributed by atoms with van der Waals surface area (Å²) in [5.74, 6) is 2.36. The molecular weight excluding hydrogens is 542 g/mol. The molecule has 3 aliphatic rings. The topological polar surface area (TPSA) is 62.9 Å². The van der Waals surface area contributed by atoms with E-state index in [4.69, 9.17) is 14.7 Å². The van der Waals surface area contributed by atoms with Gasteiger partial charge in [-0.1, -0.05) is 103 Å². The zero-order valence-corrected chi connectivity index (χ0v) is 23.9. The van der Waals surface area contributed by atoms with Crippen LogP contribution < -0.4 is 15.4 Å². The number of amidine groups is 1. The smallest absolute Gasteiger partial charge is 0.211 e. The lowest BCUT2D eigenvalue weighted by Gasteiger charge is -2.24. The average Bonchev–Trinajstić information content (AvgIpc) is 3.67. The number of ether oxygens (including phenoxy) is 1. The van der Waals surface area contributed by atoms with Crippen LogP contribution >= 0.6 is 0 Å². The summed E-state index contributed by atoms with van der Waals surface area (Å²) < 4.78 is 8.99. The molecule has 2 unspecified atom stereocenters. The summed E-state index contributed by atoms with van der Waals surface area (Å²) in [7, 11) is 0. The molecule has 44 heavy (non-hydrogen) atoms. The number of nitrogens with one attached hydrogen (secondary N) is 2. The summed E-state index contributed by atoms with van der Waals surface area (Å²) >= 11 is 0. The Morgan fingerprint density at radius 3 is 2.25 bits per heavy atom. The van der Waals surface area contributed by atoms with Gasteiger partial charge in [0.1, 0.15) is 11.4 Å². The fraction of sp³-hybridized carbons (Fsp3) is 0.105. The molecule has 6 nitrogen and oxygen atoms in total. The van der Waals surface area contributed by atoms with Crippen molar-refractivity contribution in [1.82, 2.24) is 9.88 Å². The minimum Gasteiger partial charge on any atom is -0.462 e. The summed E-state index contributed by atoms with van der Waals surface area (Å²) in [4.78, 5) is 10.4. The molecule has 0 fully saturated rings. The molecule has 2 aliphatic heterocycles. The number of hydrogen-bond donors (Lipinski definition) is 2. The molecule has 9 rings (SSSR count). The quantitative estimate of drug-likeness (QED) is 0.224. The highest BCUT2D eigenvalue weighted by Crippen LogP contribution is 2.46. The number of hydrogen-bond acceptors (Lipinski definition) is 5. The Bertz CT molecular complexity index is 2210. The number of allylic oxidation sites excluding steroid dienone is 2. The maximum absolute atomic E-state index is 6.75. The van der Waals surface area contributed by atoms with Crippen molar-refractivity contribution < 1.29 is 4.74 Å². The molecule has 1 aromatic heterocycles. The summed E-state index contributed by atoms with van der Waals surface area (Å²) in [6.07, 6.45) is 7.99. The molecule has 0 amide bonds. The molecule has 0 saturated heterocycles. The molecule has 0 saturated carbocycles. The zero-order valence-electron chi connectivity index (χ0n) is 23.9. The van der Waals surface area contributed by atoms with Crippen LogP contribution in [0.4, 0.5) is 5.69 Å². The van der Waals surface area contributed by atoms with Gasteiger partial charge in [-0.3, -0.25) is 4.57 Å². The Kier molecular flexibility index (Phi) is 5.66. The van der Waals surface area contributed by atoms with Crippen molar-refractivity contribution in [2.24, 2.45) is 9.98 Å². The lowest BCUT2D eigenvalue weighted by molar-refractivity contribution is 0.262.